The van der Waals surface area contributed by atoms with Crippen LogP contribution in [0.15, 0.2) is 12.1 Å². The van der Waals surface area contributed by atoms with Gasteiger partial charge in [0.2, 0.25) is 6.79 Å². The summed E-state index contributed by atoms with van der Waals surface area (Å²) in [7, 11) is 0. The van der Waals surface area contributed by atoms with Crippen molar-refractivity contribution in [2.75, 3.05) is 12.5 Å². The molecule has 5 heteroatoms. The predicted molar refractivity (Wildman–Crippen MR) is 71.3 cm³/mol. The first-order chi connectivity index (χ1) is 8.97. The number of carbonyl (C=O) groups is 1. The molecular formula is C14H19NO4. The van der Waals surface area contributed by atoms with Crippen molar-refractivity contribution in [2.24, 2.45) is 5.92 Å². The van der Waals surface area contributed by atoms with Gasteiger partial charge in [-0.25, -0.2) is 4.79 Å². The van der Waals surface area contributed by atoms with Gasteiger partial charge in [0.25, 0.3) is 0 Å². The second-order valence-electron chi connectivity index (χ2n) is 5.14. The molecule has 1 aromatic rings. The van der Waals surface area contributed by atoms with Crippen LogP contribution >= 0.6 is 0 Å². The Morgan fingerprint density at radius 1 is 1.32 bits per heavy atom. The maximum absolute atomic E-state index is 12.1. The Balaban J connectivity index is 2.11. The lowest BCUT2D eigenvalue weighted by Gasteiger charge is -2.16. The quantitative estimate of drug-likeness (QED) is 0.669. The van der Waals surface area contributed by atoms with E-state index in [0.29, 0.717) is 28.7 Å². The topological polar surface area (TPSA) is 70.8 Å². The van der Waals surface area contributed by atoms with Crippen LogP contribution < -0.4 is 15.2 Å². The molecule has 5 nitrogen and oxygen atoms in total. The van der Waals surface area contributed by atoms with E-state index in [1.165, 1.54) is 0 Å². The lowest BCUT2D eigenvalue weighted by atomic mass is 10.1. The molecule has 1 heterocycles. The zero-order valence-corrected chi connectivity index (χ0v) is 11.4. The van der Waals surface area contributed by atoms with Crippen LogP contribution in [0.25, 0.3) is 0 Å². The molecule has 1 aliphatic heterocycles. The molecule has 0 aromatic heterocycles. The van der Waals surface area contributed by atoms with E-state index in [0.717, 1.165) is 6.42 Å². The summed E-state index contributed by atoms with van der Waals surface area (Å²) in [5.74, 6) is 1.13. The third kappa shape index (κ3) is 3.10. The maximum atomic E-state index is 12.1. The molecule has 2 rings (SSSR count). The molecule has 0 spiro atoms. The van der Waals surface area contributed by atoms with E-state index in [-0.39, 0.29) is 12.9 Å². The van der Waals surface area contributed by atoms with Gasteiger partial charge in [-0.1, -0.05) is 13.8 Å². The average molecular weight is 265 g/mol. The van der Waals surface area contributed by atoms with Crippen molar-refractivity contribution >= 4 is 11.7 Å². The molecule has 0 bridgehead atoms. The molecule has 0 fully saturated rings. The first-order valence-corrected chi connectivity index (χ1v) is 6.37. The third-order valence-electron chi connectivity index (χ3n) is 2.88. The molecule has 2 N–H and O–H groups in total. The number of benzene rings is 1. The molecular weight excluding hydrogens is 246 g/mol. The van der Waals surface area contributed by atoms with Crippen LogP contribution in [0.3, 0.4) is 0 Å². The Morgan fingerprint density at radius 3 is 2.58 bits per heavy atom. The summed E-state index contributed by atoms with van der Waals surface area (Å²) in [6.45, 7) is 6.19. The number of anilines is 1. The third-order valence-corrected chi connectivity index (χ3v) is 2.88. The van der Waals surface area contributed by atoms with Crippen LogP contribution in [0.1, 0.15) is 37.6 Å². The van der Waals surface area contributed by atoms with Crippen molar-refractivity contribution in [2.45, 2.75) is 33.3 Å². The highest BCUT2D eigenvalue weighted by Crippen LogP contribution is 2.36. The molecule has 104 valence electrons. The summed E-state index contributed by atoms with van der Waals surface area (Å²) >= 11 is 0. The van der Waals surface area contributed by atoms with Crippen LogP contribution in [0.5, 0.6) is 11.5 Å². The van der Waals surface area contributed by atoms with Gasteiger partial charge in [-0.05, 0) is 19.3 Å². The molecule has 0 radical (unpaired) electrons. The van der Waals surface area contributed by atoms with Gasteiger partial charge in [0, 0.05) is 12.1 Å². The molecule has 19 heavy (non-hydrogen) atoms. The minimum atomic E-state index is -0.427. The fraction of sp³-hybridized carbons (Fsp3) is 0.500. The van der Waals surface area contributed by atoms with E-state index >= 15 is 0 Å². The lowest BCUT2D eigenvalue weighted by Crippen LogP contribution is -2.18. The van der Waals surface area contributed by atoms with Crippen molar-refractivity contribution < 1.29 is 19.0 Å². The molecule has 1 unspecified atom stereocenters. The zero-order chi connectivity index (χ0) is 14.0. The predicted octanol–water partition coefficient (Wildman–Crippen LogP) is 2.59. The fourth-order valence-electron chi connectivity index (χ4n) is 2.09. The smallest absolute Gasteiger partial charge is 0.340 e. The Bertz CT molecular complexity index is 485. The standard InChI is InChI=1S/C14H19NO4/c1-8(2)4-9(3)19-14(16)10-5-12-13(6-11(10)15)18-7-17-12/h5-6,8-9H,4,7,15H2,1-3H3. The van der Waals surface area contributed by atoms with Crippen LogP contribution in [0.2, 0.25) is 0 Å². The van der Waals surface area contributed by atoms with Crippen LogP contribution in [0, 0.1) is 5.92 Å². The summed E-state index contributed by atoms with van der Waals surface area (Å²) in [4.78, 5) is 12.1. The summed E-state index contributed by atoms with van der Waals surface area (Å²) in [6.07, 6.45) is 0.674. The highest BCUT2D eigenvalue weighted by atomic mass is 16.7. The number of hydrogen-bond acceptors (Lipinski definition) is 5. The normalized spacial score (nSPS) is 14.5. The van der Waals surface area contributed by atoms with Crippen molar-refractivity contribution in [1.29, 1.82) is 0 Å². The van der Waals surface area contributed by atoms with Crippen LogP contribution in [-0.2, 0) is 4.74 Å². The highest BCUT2D eigenvalue weighted by Gasteiger charge is 2.21. The van der Waals surface area contributed by atoms with Crippen molar-refractivity contribution in [3.05, 3.63) is 17.7 Å². The van der Waals surface area contributed by atoms with Crippen LogP contribution in [-0.4, -0.2) is 18.9 Å². The van der Waals surface area contributed by atoms with E-state index < -0.39 is 5.97 Å². The number of rotatable bonds is 4. The Hall–Kier alpha value is -1.91. The summed E-state index contributed by atoms with van der Waals surface area (Å²) in [6, 6.07) is 3.16. The van der Waals surface area contributed by atoms with Gasteiger partial charge in [0.1, 0.15) is 0 Å². The molecule has 0 saturated carbocycles. The SMILES string of the molecule is CC(C)CC(C)OC(=O)c1cc2c(cc1N)OCO2. The van der Waals surface area contributed by atoms with E-state index in [1.54, 1.807) is 12.1 Å². The number of nitrogen functional groups attached to an aromatic ring is 1. The van der Waals surface area contributed by atoms with Crippen LogP contribution in [0.4, 0.5) is 5.69 Å². The molecule has 0 saturated heterocycles. The first kappa shape index (κ1) is 13.5. The Labute approximate surface area is 112 Å². The number of nitrogens with two attached hydrogens (primary N) is 1. The average Bonchev–Trinajstić information content (AvgIpc) is 2.73. The number of esters is 1. The largest absolute Gasteiger partial charge is 0.459 e. The minimum absolute atomic E-state index is 0.141. The number of carbonyl (C=O) groups excluding carboxylic acids is 1. The van der Waals surface area contributed by atoms with E-state index in [2.05, 4.69) is 13.8 Å². The number of ether oxygens (including phenoxy) is 3. The molecule has 1 atom stereocenters. The van der Waals surface area contributed by atoms with E-state index in [4.69, 9.17) is 19.9 Å². The zero-order valence-electron chi connectivity index (χ0n) is 11.4. The Morgan fingerprint density at radius 2 is 1.95 bits per heavy atom. The van der Waals surface area contributed by atoms with Crippen molar-refractivity contribution in [3.63, 3.8) is 0 Å². The summed E-state index contributed by atoms with van der Waals surface area (Å²) < 4.78 is 15.8. The molecule has 0 amide bonds. The van der Waals surface area contributed by atoms with Gasteiger partial charge < -0.3 is 19.9 Å². The lowest BCUT2D eigenvalue weighted by molar-refractivity contribution is 0.0300. The first-order valence-electron chi connectivity index (χ1n) is 6.37. The van der Waals surface area contributed by atoms with Gasteiger partial charge in [-0.2, -0.15) is 0 Å². The molecule has 0 aliphatic carbocycles. The highest BCUT2D eigenvalue weighted by molar-refractivity contribution is 5.96. The van der Waals surface area contributed by atoms with Crippen molar-refractivity contribution in [3.8, 4) is 11.5 Å². The Kier molecular flexibility index (Phi) is 3.83. The van der Waals surface area contributed by atoms with E-state index in [1.807, 2.05) is 6.92 Å². The molecule has 1 aromatic carbocycles. The van der Waals surface area contributed by atoms with Gasteiger partial charge in [0.05, 0.1) is 17.4 Å². The van der Waals surface area contributed by atoms with Gasteiger partial charge in [-0.15, -0.1) is 0 Å². The molecule has 1 aliphatic rings. The van der Waals surface area contributed by atoms with Crippen molar-refractivity contribution in [1.82, 2.24) is 0 Å². The van der Waals surface area contributed by atoms with E-state index in [9.17, 15) is 4.79 Å². The van der Waals surface area contributed by atoms with Gasteiger partial charge in [0.15, 0.2) is 11.5 Å². The fourth-order valence-corrected chi connectivity index (χ4v) is 2.09. The second-order valence-corrected chi connectivity index (χ2v) is 5.14. The van der Waals surface area contributed by atoms with Gasteiger partial charge in [-0.3, -0.25) is 0 Å². The number of hydrogen-bond donors (Lipinski definition) is 1. The second kappa shape index (κ2) is 5.38. The summed E-state index contributed by atoms with van der Waals surface area (Å²) in [5.41, 5.74) is 6.49. The monoisotopic (exact) mass is 265 g/mol. The van der Waals surface area contributed by atoms with Gasteiger partial charge >= 0.3 is 5.97 Å². The number of fused-ring (bicyclic) bond motifs is 1. The maximum Gasteiger partial charge on any atom is 0.340 e. The minimum Gasteiger partial charge on any atom is -0.459 e. The summed E-state index contributed by atoms with van der Waals surface area (Å²) in [5, 5.41) is 0.